The van der Waals surface area contributed by atoms with E-state index in [-0.39, 0.29) is 37.7 Å². The number of alkyl halides is 6. The van der Waals surface area contributed by atoms with Crippen molar-refractivity contribution in [2.75, 3.05) is 0 Å². The van der Waals surface area contributed by atoms with Crippen LogP contribution in [0.25, 0.3) is 0 Å². The molecular weight excluding hydrogens is 574 g/mol. The average molecular weight is 604 g/mol. The molecule has 0 amide bonds. The molecule has 0 aliphatic heterocycles. The summed E-state index contributed by atoms with van der Waals surface area (Å²) in [6.07, 6.45) is 2.53. The number of hydrogen-bond donors (Lipinski definition) is 2. The minimum atomic E-state index is -4.38. The predicted molar refractivity (Wildman–Crippen MR) is 130 cm³/mol. The van der Waals surface area contributed by atoms with Crippen molar-refractivity contribution < 1.29 is 62.8 Å². The molecule has 0 saturated heterocycles. The molecule has 0 radical (unpaired) electrons. The predicted octanol–water partition coefficient (Wildman–Crippen LogP) is 9.38. The third-order valence-corrected chi connectivity index (χ3v) is 4.79. The molecule has 2 nitrogen and oxygen atoms in total. The summed E-state index contributed by atoms with van der Waals surface area (Å²) in [4.78, 5) is 0. The van der Waals surface area contributed by atoms with Crippen LogP contribution in [0, 0.1) is 0 Å². The van der Waals surface area contributed by atoms with E-state index in [1.165, 1.54) is 47.3 Å². The summed E-state index contributed by atoms with van der Waals surface area (Å²) in [5, 5.41) is 17.4. The van der Waals surface area contributed by atoms with Gasteiger partial charge in [0.2, 0.25) is 0 Å². The quantitative estimate of drug-likeness (QED) is 0.295. The Bertz CT molecular complexity index is 1040. The number of allylic oxidation sites excluding steroid dienone is 8. The fourth-order valence-electron chi connectivity index (χ4n) is 3.02. The van der Waals surface area contributed by atoms with Gasteiger partial charge in [0.15, 0.2) is 0 Å². The van der Waals surface area contributed by atoms with Gasteiger partial charge in [-0.05, 0) is 76.9 Å². The van der Waals surface area contributed by atoms with Crippen molar-refractivity contribution in [1.82, 2.24) is 0 Å². The van der Waals surface area contributed by atoms with Gasteiger partial charge < -0.3 is 10.2 Å². The van der Waals surface area contributed by atoms with E-state index >= 15 is 0 Å². The van der Waals surface area contributed by atoms with Gasteiger partial charge in [-0.15, -0.1) is 0 Å². The van der Waals surface area contributed by atoms with Crippen LogP contribution < -0.4 is 0 Å². The van der Waals surface area contributed by atoms with Gasteiger partial charge >= 0.3 is 12.4 Å². The van der Waals surface area contributed by atoms with Crippen molar-refractivity contribution in [3.8, 4) is 11.5 Å². The first-order chi connectivity index (χ1) is 16.6. The molecule has 0 heterocycles. The molecular formula is C28H30F6O2Zr. The average Bonchev–Trinajstić information content (AvgIpc) is 3.34. The van der Waals surface area contributed by atoms with Gasteiger partial charge in [-0.2, -0.15) is 26.3 Å². The van der Waals surface area contributed by atoms with E-state index in [1.807, 2.05) is 0 Å². The zero-order valence-electron chi connectivity index (χ0n) is 21.0. The summed E-state index contributed by atoms with van der Waals surface area (Å²) < 4.78 is 71.1. The van der Waals surface area contributed by atoms with Crippen molar-refractivity contribution in [3.05, 3.63) is 106 Å². The van der Waals surface area contributed by atoms with Crippen LogP contribution in [0.15, 0.2) is 95.1 Å². The van der Waals surface area contributed by atoms with Crippen LogP contribution in [0.2, 0.25) is 0 Å². The molecule has 0 fully saturated rings. The van der Waals surface area contributed by atoms with Gasteiger partial charge in [0.1, 0.15) is 11.5 Å². The molecule has 37 heavy (non-hydrogen) atoms. The van der Waals surface area contributed by atoms with Gasteiger partial charge in [0.25, 0.3) is 0 Å². The second-order valence-electron chi connectivity index (χ2n) is 8.38. The van der Waals surface area contributed by atoms with Crippen LogP contribution in [-0.2, 0) is 38.6 Å². The number of phenolic OH excluding ortho intramolecular Hbond substituents is 2. The molecule has 2 aromatic carbocycles. The van der Waals surface area contributed by atoms with E-state index in [4.69, 9.17) is 10.2 Å². The maximum atomic E-state index is 11.9. The summed E-state index contributed by atoms with van der Waals surface area (Å²) in [6.45, 7) is 8.59. The van der Waals surface area contributed by atoms with Crippen LogP contribution in [0.1, 0.15) is 51.7 Å². The van der Waals surface area contributed by atoms with Crippen LogP contribution >= 0.6 is 0 Å². The number of aromatic hydroxyl groups is 2. The van der Waals surface area contributed by atoms with Gasteiger partial charge in [-0.3, -0.25) is 0 Å². The molecule has 4 rings (SSSR count). The van der Waals surface area contributed by atoms with E-state index in [9.17, 15) is 26.3 Å². The third-order valence-electron chi connectivity index (χ3n) is 4.79. The molecule has 2 N–H and O–H groups in total. The molecule has 2 aliphatic carbocycles. The fourth-order valence-corrected chi connectivity index (χ4v) is 3.02. The van der Waals surface area contributed by atoms with Crippen molar-refractivity contribution in [2.24, 2.45) is 0 Å². The Balaban J connectivity index is 0.000000473. The Morgan fingerprint density at radius 3 is 1.05 bits per heavy atom. The second-order valence-corrected chi connectivity index (χ2v) is 8.38. The zero-order chi connectivity index (χ0) is 27.5. The summed E-state index contributed by atoms with van der Waals surface area (Å²) in [5.74, 6) is -0.750. The largest absolute Gasteiger partial charge is 0.508 e. The van der Waals surface area contributed by atoms with Crippen molar-refractivity contribution in [2.45, 2.75) is 52.9 Å². The number of hydrogen-bond acceptors (Lipinski definition) is 2. The first kappa shape index (κ1) is 34.5. The van der Waals surface area contributed by atoms with Gasteiger partial charge in [0.05, 0.1) is 11.1 Å². The van der Waals surface area contributed by atoms with Crippen LogP contribution in [0.5, 0.6) is 11.5 Å². The third kappa shape index (κ3) is 14.7. The Kier molecular flexibility index (Phi) is 14.6. The van der Waals surface area contributed by atoms with Crippen LogP contribution in [0.3, 0.4) is 0 Å². The Labute approximate surface area is 232 Å². The molecule has 0 aromatic heterocycles. The molecule has 2 aliphatic rings. The summed E-state index contributed by atoms with van der Waals surface area (Å²) in [7, 11) is 0. The van der Waals surface area contributed by atoms with Gasteiger partial charge in [-0.25, -0.2) is 0 Å². The van der Waals surface area contributed by atoms with E-state index in [0.29, 0.717) is 12.1 Å². The fraction of sp³-hybridized carbons (Fsp3) is 0.286. The molecule has 0 atom stereocenters. The van der Waals surface area contributed by atoms with E-state index in [2.05, 4.69) is 52.0 Å². The topological polar surface area (TPSA) is 40.5 Å². The molecule has 200 valence electrons. The first-order valence-electron chi connectivity index (χ1n) is 11.0. The maximum Gasteiger partial charge on any atom is 0.416 e. The molecule has 0 spiro atoms. The maximum absolute atomic E-state index is 11.9. The van der Waals surface area contributed by atoms with E-state index in [0.717, 1.165) is 24.3 Å². The van der Waals surface area contributed by atoms with Gasteiger partial charge in [-0.1, -0.05) is 58.7 Å². The molecule has 2 aromatic rings. The van der Waals surface area contributed by atoms with E-state index in [1.54, 1.807) is 0 Å². The number of halogens is 6. The molecule has 0 unspecified atom stereocenters. The van der Waals surface area contributed by atoms with Crippen molar-refractivity contribution in [1.29, 1.82) is 0 Å². The SMILES string of the molecule is CC1=CCC(C)=C1.CC1=CCC(C)=C1.Oc1cccc(C(F)(F)F)c1.Oc1cccc(C(F)(F)F)c1.[Zr]. The van der Waals surface area contributed by atoms with Crippen molar-refractivity contribution >= 4 is 0 Å². The Morgan fingerprint density at radius 1 is 0.595 bits per heavy atom. The zero-order valence-corrected chi connectivity index (χ0v) is 23.5. The minimum absolute atomic E-state index is 0. The summed E-state index contributed by atoms with van der Waals surface area (Å²) in [6, 6.07) is 7.85. The standard InChI is InChI=1S/2C7H5F3O.2C7H10.Zr/c2*8-7(9,10)5-2-1-3-6(11)4-5;2*1-6-3-4-7(2)5-6;/h2*1-4,11H;2*3,5H,4H2,1-2H3;. The van der Waals surface area contributed by atoms with Crippen molar-refractivity contribution in [3.63, 3.8) is 0 Å². The molecule has 9 heteroatoms. The first-order valence-corrected chi connectivity index (χ1v) is 11.0. The number of phenols is 2. The Hall–Kier alpha value is -2.54. The minimum Gasteiger partial charge on any atom is -0.508 e. The summed E-state index contributed by atoms with van der Waals surface area (Å²) >= 11 is 0. The molecule has 0 bridgehead atoms. The van der Waals surface area contributed by atoms with Crippen LogP contribution in [-0.4, -0.2) is 10.2 Å². The molecule has 0 saturated carbocycles. The van der Waals surface area contributed by atoms with Crippen LogP contribution in [0.4, 0.5) is 26.3 Å². The van der Waals surface area contributed by atoms with Gasteiger partial charge in [0, 0.05) is 26.2 Å². The number of benzene rings is 2. The Morgan fingerprint density at radius 2 is 0.919 bits per heavy atom. The monoisotopic (exact) mass is 602 g/mol. The van der Waals surface area contributed by atoms with E-state index < -0.39 is 23.5 Å². The summed E-state index contributed by atoms with van der Waals surface area (Å²) in [5.41, 5.74) is 4.13. The smallest absolute Gasteiger partial charge is 0.416 e. The second kappa shape index (κ2) is 15.7. The normalized spacial score (nSPS) is 14.1. The number of rotatable bonds is 0.